The van der Waals surface area contributed by atoms with Crippen LogP contribution in [0.2, 0.25) is 0 Å². The van der Waals surface area contributed by atoms with Gasteiger partial charge in [-0.3, -0.25) is 4.79 Å². The van der Waals surface area contributed by atoms with E-state index in [1.54, 1.807) is 0 Å². The summed E-state index contributed by atoms with van der Waals surface area (Å²) in [5.74, 6) is 1.70. The summed E-state index contributed by atoms with van der Waals surface area (Å²) >= 11 is 0. The highest BCUT2D eigenvalue weighted by Gasteiger charge is 2.86. The van der Waals surface area contributed by atoms with E-state index in [-0.39, 0.29) is 30.0 Å². The van der Waals surface area contributed by atoms with Crippen LogP contribution in [0.25, 0.3) is 0 Å². The first-order valence-electron chi connectivity index (χ1n) is 20.5. The maximum absolute atomic E-state index is 14.2. The van der Waals surface area contributed by atoms with Gasteiger partial charge in [-0.1, -0.05) is 84.3 Å². The van der Waals surface area contributed by atoms with Crippen LogP contribution in [0.4, 0.5) is 0 Å². The van der Waals surface area contributed by atoms with E-state index in [1.807, 2.05) is 0 Å². The monoisotopic (exact) mass is 666 g/mol. The highest BCUT2D eigenvalue weighted by Crippen LogP contribution is 2.84. The van der Waals surface area contributed by atoms with Crippen molar-refractivity contribution in [2.45, 2.75) is 123 Å². The Bertz CT molecular complexity index is 1200. The molecule has 48 heavy (non-hydrogen) atoms. The minimum atomic E-state index is -1.15. The third-order valence-corrected chi connectivity index (χ3v) is 15.6. The standard InChI is InChI=1S/C41H67N3O4/c1-5-6-16-43-17-10-18-44(21-20-43)19-15-42-26-36-32(30-11-8-7-9-12-30)23-37(48-36)40-25-33-29(4)13-14-34(33)39(27-45)24-31(40)22-35(28(2)3)41(39,40)38(46)47/h22,27-34,36-37,42H,5-21,23-26H2,1-4H3,(H,46,47)/t29-,31?,32+,33-,34-,36+,37-,39?,40?,41+/m1/s1. The van der Waals surface area contributed by atoms with Gasteiger partial charge in [0.2, 0.25) is 0 Å². The van der Waals surface area contributed by atoms with Gasteiger partial charge in [0.15, 0.2) is 0 Å². The Hall–Kier alpha value is -1.28. The van der Waals surface area contributed by atoms with Gasteiger partial charge in [-0.2, -0.15) is 0 Å². The summed E-state index contributed by atoms with van der Waals surface area (Å²) in [6.45, 7) is 17.8. The number of ether oxygens (including phenoxy) is 1. The van der Waals surface area contributed by atoms with Crippen LogP contribution in [0.1, 0.15) is 111 Å². The number of carbonyl (C=O) groups is 2. The predicted octanol–water partition coefficient (Wildman–Crippen LogP) is 6.66. The number of carbonyl (C=O) groups excluding carboxylic acids is 1. The fraction of sp³-hybridized carbons (Fsp3) is 0.902. The Kier molecular flexibility index (Phi) is 10.3. The molecule has 4 bridgehead atoms. The molecule has 3 unspecified atom stereocenters. The lowest BCUT2D eigenvalue weighted by Gasteiger charge is -2.60. The molecule has 5 aliphatic carbocycles. The highest BCUT2D eigenvalue weighted by atomic mass is 16.5. The number of aliphatic carboxylic acids is 1. The maximum Gasteiger partial charge on any atom is 0.315 e. The molecular weight excluding hydrogens is 598 g/mol. The summed E-state index contributed by atoms with van der Waals surface area (Å²) in [6, 6.07) is 0. The summed E-state index contributed by atoms with van der Waals surface area (Å²) in [4.78, 5) is 33.1. The van der Waals surface area contributed by atoms with Crippen molar-refractivity contribution in [3.05, 3.63) is 11.6 Å². The molecule has 7 nitrogen and oxygen atoms in total. The van der Waals surface area contributed by atoms with Crippen LogP contribution < -0.4 is 5.32 Å². The largest absolute Gasteiger partial charge is 0.481 e. The van der Waals surface area contributed by atoms with Gasteiger partial charge < -0.3 is 29.8 Å². The van der Waals surface area contributed by atoms with E-state index < -0.39 is 22.2 Å². The molecule has 270 valence electrons. The second kappa shape index (κ2) is 14.0. The highest BCUT2D eigenvalue weighted by molar-refractivity contribution is 5.90. The minimum absolute atomic E-state index is 0.103. The molecule has 0 spiro atoms. The van der Waals surface area contributed by atoms with Crippen LogP contribution in [-0.2, 0) is 14.3 Å². The van der Waals surface area contributed by atoms with E-state index in [2.05, 4.69) is 48.9 Å². The lowest BCUT2D eigenvalue weighted by atomic mass is 9.41. The molecule has 7 heteroatoms. The van der Waals surface area contributed by atoms with E-state index in [4.69, 9.17) is 4.74 Å². The number of rotatable bonds is 13. The number of hydrogen-bond donors (Lipinski definition) is 2. The molecule has 2 N–H and O–H groups in total. The van der Waals surface area contributed by atoms with Gasteiger partial charge in [0, 0.05) is 38.1 Å². The Morgan fingerprint density at radius 2 is 1.77 bits per heavy atom. The second-order valence-electron chi connectivity index (χ2n) is 17.9. The molecule has 7 aliphatic rings. The number of aldehydes is 1. The van der Waals surface area contributed by atoms with E-state index in [0.717, 1.165) is 57.4 Å². The third kappa shape index (κ3) is 5.32. The number of hydrogen-bond acceptors (Lipinski definition) is 6. The Morgan fingerprint density at radius 3 is 2.46 bits per heavy atom. The van der Waals surface area contributed by atoms with E-state index in [9.17, 15) is 14.7 Å². The molecule has 4 saturated carbocycles. The number of nitrogens with zero attached hydrogens (tertiary/aromatic N) is 2. The first-order chi connectivity index (χ1) is 23.2. The number of carboxylic acids is 1. The molecule has 7 rings (SSSR count). The van der Waals surface area contributed by atoms with Crippen LogP contribution in [0.5, 0.6) is 0 Å². The number of unbranched alkanes of at least 4 members (excludes halogenated alkanes) is 1. The van der Waals surface area contributed by atoms with Crippen molar-refractivity contribution in [2.24, 2.45) is 57.7 Å². The molecule has 0 aromatic carbocycles. The number of allylic oxidation sites excluding steroid dienone is 1. The lowest BCUT2D eigenvalue weighted by Crippen LogP contribution is -2.65. The molecule has 0 aromatic rings. The molecule has 0 amide bonds. The first kappa shape index (κ1) is 35.1. The quantitative estimate of drug-likeness (QED) is 0.129. The van der Waals surface area contributed by atoms with Crippen LogP contribution in [0, 0.1) is 57.7 Å². The smallest absolute Gasteiger partial charge is 0.315 e. The van der Waals surface area contributed by atoms with Crippen molar-refractivity contribution in [2.75, 3.05) is 52.4 Å². The normalized spacial score (nSPS) is 43.4. The number of carboxylic acid groups (broad SMARTS) is 1. The summed E-state index contributed by atoms with van der Waals surface area (Å²) in [5, 5.41) is 15.5. The molecular formula is C41H67N3O4. The molecule has 6 fully saturated rings. The Balaban J connectivity index is 1.13. The Morgan fingerprint density at radius 1 is 1.02 bits per heavy atom. The average Bonchev–Trinajstić information content (AvgIpc) is 3.75. The van der Waals surface area contributed by atoms with E-state index >= 15 is 0 Å². The van der Waals surface area contributed by atoms with Crippen molar-refractivity contribution >= 4 is 12.3 Å². The number of nitrogens with one attached hydrogen (secondary N) is 1. The maximum atomic E-state index is 14.2. The molecule has 2 aliphatic heterocycles. The van der Waals surface area contributed by atoms with Gasteiger partial charge in [0.05, 0.1) is 17.6 Å². The summed E-state index contributed by atoms with van der Waals surface area (Å²) in [5.41, 5.74) is -1.45. The van der Waals surface area contributed by atoms with Crippen LogP contribution in [-0.4, -0.2) is 91.7 Å². The lowest BCUT2D eigenvalue weighted by molar-refractivity contribution is -0.197. The van der Waals surface area contributed by atoms with Crippen LogP contribution in [0.3, 0.4) is 0 Å². The SMILES string of the molecule is CCCCN1CCCN(CCNC[C@@H]2O[C@@H](C34C[C@@H]5[C@H](C)CC[C@H]5C5(C=O)CC3C=C(C(C)C)[C@]54C(=O)O)C[C@H]2C2CCCCC2)CC1. The summed E-state index contributed by atoms with van der Waals surface area (Å²) in [7, 11) is 0. The molecule has 0 radical (unpaired) electrons. The molecule has 2 heterocycles. The summed E-state index contributed by atoms with van der Waals surface area (Å²) < 4.78 is 7.41. The third-order valence-electron chi connectivity index (χ3n) is 15.6. The number of fused-ring (bicyclic) bond motifs is 2. The van der Waals surface area contributed by atoms with E-state index in [1.165, 1.54) is 83.8 Å². The summed E-state index contributed by atoms with van der Waals surface area (Å²) in [6.07, 6.45) is 18.5. The van der Waals surface area contributed by atoms with Crippen molar-refractivity contribution in [1.29, 1.82) is 0 Å². The van der Waals surface area contributed by atoms with Gasteiger partial charge in [-0.25, -0.2) is 0 Å². The van der Waals surface area contributed by atoms with Gasteiger partial charge in [0.1, 0.15) is 11.7 Å². The van der Waals surface area contributed by atoms with Crippen molar-refractivity contribution < 1.29 is 19.4 Å². The zero-order valence-electron chi connectivity index (χ0n) is 30.8. The topological polar surface area (TPSA) is 82.1 Å². The Labute approximate surface area is 291 Å². The first-order valence-corrected chi connectivity index (χ1v) is 20.5. The van der Waals surface area contributed by atoms with Crippen molar-refractivity contribution in [1.82, 2.24) is 15.1 Å². The van der Waals surface area contributed by atoms with E-state index in [0.29, 0.717) is 30.1 Å². The molecule has 10 atom stereocenters. The van der Waals surface area contributed by atoms with Gasteiger partial charge >= 0.3 is 5.97 Å². The van der Waals surface area contributed by atoms with Crippen LogP contribution in [0.15, 0.2) is 11.6 Å². The van der Waals surface area contributed by atoms with Crippen molar-refractivity contribution in [3.63, 3.8) is 0 Å². The van der Waals surface area contributed by atoms with Crippen molar-refractivity contribution in [3.8, 4) is 0 Å². The van der Waals surface area contributed by atoms with Crippen LogP contribution >= 0.6 is 0 Å². The van der Waals surface area contributed by atoms with Gasteiger partial charge in [0.25, 0.3) is 0 Å². The minimum Gasteiger partial charge on any atom is -0.481 e. The fourth-order valence-corrected chi connectivity index (χ4v) is 13.5. The second-order valence-corrected chi connectivity index (χ2v) is 17.9. The zero-order valence-corrected chi connectivity index (χ0v) is 30.8. The van der Waals surface area contributed by atoms with Gasteiger partial charge in [-0.15, -0.1) is 0 Å². The molecule has 2 saturated heterocycles. The average molecular weight is 666 g/mol. The zero-order chi connectivity index (χ0) is 33.7. The molecule has 0 aromatic heterocycles. The fourth-order valence-electron chi connectivity index (χ4n) is 13.5. The predicted molar refractivity (Wildman–Crippen MR) is 191 cm³/mol. The van der Waals surface area contributed by atoms with Gasteiger partial charge in [-0.05, 0) is 99.6 Å².